The number of thiazole rings is 1. The third-order valence-electron chi connectivity index (χ3n) is 5.36. The second kappa shape index (κ2) is 6.96. The molecular formula is C20H19N5O2S. The number of para-hydroxylation sites is 1. The van der Waals surface area contributed by atoms with Crippen molar-refractivity contribution in [3.05, 3.63) is 63.8 Å². The lowest BCUT2D eigenvalue weighted by Crippen LogP contribution is -2.35. The molecule has 2 aromatic heterocycles. The molecule has 8 heteroatoms. The van der Waals surface area contributed by atoms with Gasteiger partial charge in [0, 0.05) is 24.1 Å². The Bertz CT molecular complexity index is 1130. The van der Waals surface area contributed by atoms with Gasteiger partial charge >= 0.3 is 0 Å². The molecule has 0 N–H and O–H groups in total. The Morgan fingerprint density at radius 1 is 1.21 bits per heavy atom. The van der Waals surface area contributed by atoms with E-state index >= 15 is 0 Å². The number of nitro benzene ring substituents is 1. The maximum Gasteiger partial charge on any atom is 0.270 e. The number of nitro groups is 1. The highest BCUT2D eigenvalue weighted by Crippen LogP contribution is 2.36. The molecule has 2 aromatic carbocycles. The van der Waals surface area contributed by atoms with E-state index in [0.717, 1.165) is 40.8 Å². The highest BCUT2D eigenvalue weighted by Gasteiger charge is 2.27. The molecule has 0 amide bonds. The second-order valence-electron chi connectivity index (χ2n) is 7.13. The van der Waals surface area contributed by atoms with Gasteiger partial charge in [-0.3, -0.25) is 19.7 Å². The smallest absolute Gasteiger partial charge is 0.270 e. The summed E-state index contributed by atoms with van der Waals surface area (Å²) >= 11 is 1.77. The summed E-state index contributed by atoms with van der Waals surface area (Å²) < 4.78 is 3.16. The maximum absolute atomic E-state index is 11.0. The molecule has 0 radical (unpaired) electrons. The van der Waals surface area contributed by atoms with Gasteiger partial charge in [0.2, 0.25) is 0 Å². The summed E-state index contributed by atoms with van der Waals surface area (Å²) in [4.78, 5) is 17.9. The van der Waals surface area contributed by atoms with Crippen molar-refractivity contribution in [2.45, 2.75) is 32.0 Å². The van der Waals surface area contributed by atoms with Crippen molar-refractivity contribution in [3.8, 4) is 0 Å². The van der Waals surface area contributed by atoms with Gasteiger partial charge in [-0.05, 0) is 31.0 Å². The third kappa shape index (κ3) is 3.04. The van der Waals surface area contributed by atoms with Crippen LogP contribution in [0.2, 0.25) is 0 Å². The topological polar surface area (TPSA) is 77.1 Å². The van der Waals surface area contributed by atoms with E-state index in [1.165, 1.54) is 11.1 Å². The number of non-ortho nitro benzene ring substituents is 1. The summed E-state index contributed by atoms with van der Waals surface area (Å²) in [6.07, 6.45) is 5.15. The van der Waals surface area contributed by atoms with Crippen LogP contribution in [0.1, 0.15) is 30.3 Å². The first-order chi connectivity index (χ1) is 13.7. The van der Waals surface area contributed by atoms with Crippen molar-refractivity contribution >= 4 is 38.1 Å². The Kier molecular flexibility index (Phi) is 4.29. The number of hydrogen-bond donors (Lipinski definition) is 0. The molecule has 1 saturated heterocycles. The largest absolute Gasteiger partial charge is 0.275 e. The molecule has 5 rings (SSSR count). The van der Waals surface area contributed by atoms with Crippen LogP contribution in [0.4, 0.5) is 5.69 Å². The lowest BCUT2D eigenvalue weighted by molar-refractivity contribution is -0.384. The summed E-state index contributed by atoms with van der Waals surface area (Å²) in [7, 11) is 0. The van der Waals surface area contributed by atoms with E-state index in [1.54, 1.807) is 35.7 Å². The average Bonchev–Trinajstić information content (AvgIpc) is 3.32. The van der Waals surface area contributed by atoms with Gasteiger partial charge in [0.25, 0.3) is 5.69 Å². The van der Waals surface area contributed by atoms with E-state index in [-0.39, 0.29) is 16.7 Å². The maximum atomic E-state index is 11.0. The van der Waals surface area contributed by atoms with Gasteiger partial charge in [-0.25, -0.2) is 4.98 Å². The molecule has 28 heavy (non-hydrogen) atoms. The summed E-state index contributed by atoms with van der Waals surface area (Å²) in [5.74, 6) is 0. The molecule has 4 aromatic rings. The van der Waals surface area contributed by atoms with Gasteiger partial charge in [-0.15, -0.1) is 11.3 Å². The second-order valence-corrected chi connectivity index (χ2v) is 8.19. The predicted molar refractivity (Wildman–Crippen MR) is 109 cm³/mol. The SMILES string of the molecule is O=[N+]([O-])c1ccc2c(cnn2CN2CCCC[C@H]2c2nc3ccccc3s2)c1. The van der Waals surface area contributed by atoms with Crippen LogP contribution >= 0.6 is 11.3 Å². The summed E-state index contributed by atoms with van der Waals surface area (Å²) in [5, 5.41) is 17.5. The first-order valence-electron chi connectivity index (χ1n) is 9.38. The van der Waals surface area contributed by atoms with Crippen LogP contribution in [0.3, 0.4) is 0 Å². The van der Waals surface area contributed by atoms with E-state index in [4.69, 9.17) is 4.98 Å². The number of nitrogens with zero attached hydrogens (tertiary/aromatic N) is 5. The Hall–Kier alpha value is -2.84. The fourth-order valence-electron chi connectivity index (χ4n) is 3.95. The van der Waals surface area contributed by atoms with Crippen molar-refractivity contribution in [1.82, 2.24) is 19.7 Å². The molecule has 1 fully saturated rings. The van der Waals surface area contributed by atoms with Crippen molar-refractivity contribution in [1.29, 1.82) is 0 Å². The fraction of sp³-hybridized carbons (Fsp3) is 0.300. The van der Waals surface area contributed by atoms with E-state index in [2.05, 4.69) is 28.2 Å². The predicted octanol–water partition coefficient (Wildman–Crippen LogP) is 4.74. The Labute approximate surface area is 165 Å². The summed E-state index contributed by atoms with van der Waals surface area (Å²) in [6, 6.07) is 13.5. The van der Waals surface area contributed by atoms with Crippen molar-refractivity contribution < 1.29 is 4.92 Å². The highest BCUT2D eigenvalue weighted by atomic mass is 32.1. The molecule has 0 aliphatic carbocycles. The molecule has 1 aliphatic rings. The van der Waals surface area contributed by atoms with Gasteiger partial charge in [-0.1, -0.05) is 18.6 Å². The Morgan fingerprint density at radius 3 is 2.96 bits per heavy atom. The zero-order valence-corrected chi connectivity index (χ0v) is 16.0. The lowest BCUT2D eigenvalue weighted by atomic mass is 10.0. The van der Waals surface area contributed by atoms with Gasteiger partial charge in [-0.2, -0.15) is 5.10 Å². The number of fused-ring (bicyclic) bond motifs is 2. The molecule has 7 nitrogen and oxygen atoms in total. The normalized spacial score (nSPS) is 18.1. The molecule has 0 unspecified atom stereocenters. The van der Waals surface area contributed by atoms with Gasteiger partial charge in [0.05, 0.1) is 39.6 Å². The first kappa shape index (κ1) is 17.3. The van der Waals surface area contributed by atoms with E-state index in [1.807, 2.05) is 10.7 Å². The van der Waals surface area contributed by atoms with Crippen LogP contribution < -0.4 is 0 Å². The van der Waals surface area contributed by atoms with Crippen molar-refractivity contribution in [2.24, 2.45) is 0 Å². The van der Waals surface area contributed by atoms with Gasteiger partial charge in [0.1, 0.15) is 5.01 Å². The number of piperidine rings is 1. The van der Waals surface area contributed by atoms with Gasteiger partial charge < -0.3 is 0 Å². The van der Waals surface area contributed by atoms with E-state index in [0.29, 0.717) is 6.67 Å². The first-order valence-corrected chi connectivity index (χ1v) is 10.2. The highest BCUT2D eigenvalue weighted by molar-refractivity contribution is 7.18. The molecule has 0 saturated carbocycles. The van der Waals surface area contributed by atoms with E-state index < -0.39 is 0 Å². The molecule has 142 valence electrons. The number of benzene rings is 2. The molecule has 1 aliphatic heterocycles. The minimum absolute atomic E-state index is 0.0948. The molecule has 3 heterocycles. The summed E-state index contributed by atoms with van der Waals surface area (Å²) in [5.41, 5.74) is 2.07. The van der Waals surface area contributed by atoms with Crippen LogP contribution in [0.5, 0.6) is 0 Å². The lowest BCUT2D eigenvalue weighted by Gasteiger charge is -2.34. The summed E-state index contributed by atoms with van der Waals surface area (Å²) in [6.45, 7) is 1.65. The van der Waals surface area contributed by atoms with Gasteiger partial charge in [0.15, 0.2) is 0 Å². The fourth-order valence-corrected chi connectivity index (χ4v) is 5.08. The average molecular weight is 393 g/mol. The Morgan fingerprint density at radius 2 is 2.11 bits per heavy atom. The minimum Gasteiger partial charge on any atom is -0.275 e. The van der Waals surface area contributed by atoms with Crippen LogP contribution in [0, 0.1) is 10.1 Å². The number of aromatic nitrogens is 3. The van der Waals surface area contributed by atoms with Crippen molar-refractivity contribution in [2.75, 3.05) is 6.54 Å². The monoisotopic (exact) mass is 393 g/mol. The van der Waals surface area contributed by atoms with Crippen LogP contribution in [0.15, 0.2) is 48.7 Å². The van der Waals surface area contributed by atoms with E-state index in [9.17, 15) is 10.1 Å². The van der Waals surface area contributed by atoms with Crippen LogP contribution in [0.25, 0.3) is 21.1 Å². The standard InChI is InChI=1S/C20H19N5O2S/c26-25(27)15-8-9-17-14(11-15)12-21-24(17)13-23-10-4-3-6-18(23)20-22-16-5-1-2-7-19(16)28-20/h1-2,5,7-9,11-12,18H,3-4,6,10,13H2/t18-/m0/s1. The van der Waals surface area contributed by atoms with Crippen LogP contribution in [-0.4, -0.2) is 31.1 Å². The van der Waals surface area contributed by atoms with Crippen LogP contribution in [-0.2, 0) is 6.67 Å². The quantitative estimate of drug-likeness (QED) is 0.370. The molecule has 0 spiro atoms. The molecule has 0 bridgehead atoms. The minimum atomic E-state index is -0.370. The number of likely N-dealkylation sites (tertiary alicyclic amines) is 1. The zero-order chi connectivity index (χ0) is 19.1. The van der Waals surface area contributed by atoms with Crippen molar-refractivity contribution in [3.63, 3.8) is 0 Å². The number of rotatable bonds is 4. The molecular weight excluding hydrogens is 374 g/mol. The Balaban J connectivity index is 1.45. The third-order valence-corrected chi connectivity index (χ3v) is 6.50. The number of hydrogen-bond acceptors (Lipinski definition) is 6. The molecule has 1 atom stereocenters. The zero-order valence-electron chi connectivity index (χ0n) is 15.2.